The molecule has 1 aromatic rings. The van der Waals surface area contributed by atoms with Gasteiger partial charge >= 0.3 is 0 Å². The van der Waals surface area contributed by atoms with Crippen LogP contribution in [-0.4, -0.2) is 11.7 Å². The van der Waals surface area contributed by atoms with Crippen molar-refractivity contribution in [1.82, 2.24) is 0 Å². The van der Waals surface area contributed by atoms with Gasteiger partial charge in [0, 0.05) is 16.7 Å². The monoisotopic (exact) mass is 272 g/mol. The Hall–Kier alpha value is -0.240. The molecule has 0 heterocycles. The van der Waals surface area contributed by atoms with Crippen molar-refractivity contribution >= 4 is 23.2 Å². The Labute approximate surface area is 113 Å². The van der Waals surface area contributed by atoms with E-state index in [1.165, 1.54) is 19.3 Å². The molecule has 0 unspecified atom stereocenters. The molecule has 0 saturated heterocycles. The maximum Gasteiger partial charge on any atom is 0.0490 e. The summed E-state index contributed by atoms with van der Waals surface area (Å²) in [5, 5.41) is 11.1. The summed E-state index contributed by atoms with van der Waals surface area (Å²) in [4.78, 5) is 0. The average molecular weight is 273 g/mol. The zero-order chi connectivity index (χ0) is 12.3. The number of rotatable bonds is 3. The van der Waals surface area contributed by atoms with Gasteiger partial charge in [-0.3, -0.25) is 0 Å². The van der Waals surface area contributed by atoms with Gasteiger partial charge in [-0.2, -0.15) is 0 Å². The van der Waals surface area contributed by atoms with E-state index in [4.69, 9.17) is 23.2 Å². The number of aliphatic hydroxyl groups is 1. The molecule has 0 amide bonds. The Morgan fingerprint density at radius 3 is 2.18 bits per heavy atom. The Morgan fingerprint density at radius 1 is 1.06 bits per heavy atom. The number of aliphatic hydroxyl groups excluding tert-OH is 1. The fraction of sp³-hybridized carbons (Fsp3) is 0.571. The van der Waals surface area contributed by atoms with Crippen LogP contribution in [0.5, 0.6) is 0 Å². The highest BCUT2D eigenvalue weighted by molar-refractivity contribution is 6.36. The molecule has 1 nitrogen and oxygen atoms in total. The molecule has 0 radical (unpaired) electrons. The Morgan fingerprint density at radius 2 is 1.65 bits per heavy atom. The lowest BCUT2D eigenvalue weighted by atomic mass is 9.71. The van der Waals surface area contributed by atoms with Gasteiger partial charge < -0.3 is 5.11 Å². The fourth-order valence-corrected chi connectivity index (χ4v) is 3.30. The molecule has 1 N–H and O–H groups in total. The van der Waals surface area contributed by atoms with Crippen LogP contribution in [0, 0.1) is 5.41 Å². The Kier molecular flexibility index (Phi) is 4.35. The van der Waals surface area contributed by atoms with Crippen molar-refractivity contribution in [3.8, 4) is 0 Å². The lowest BCUT2D eigenvalue weighted by molar-refractivity contribution is 0.0824. The van der Waals surface area contributed by atoms with E-state index in [0.717, 1.165) is 34.9 Å². The van der Waals surface area contributed by atoms with Gasteiger partial charge in [0.05, 0.1) is 0 Å². The van der Waals surface area contributed by atoms with Crippen LogP contribution < -0.4 is 0 Å². The van der Waals surface area contributed by atoms with Crippen LogP contribution in [-0.2, 0) is 6.42 Å². The van der Waals surface area contributed by atoms with Gasteiger partial charge in [0.2, 0.25) is 0 Å². The highest BCUT2D eigenvalue weighted by atomic mass is 35.5. The van der Waals surface area contributed by atoms with Crippen LogP contribution >= 0.6 is 23.2 Å². The van der Waals surface area contributed by atoms with Crippen molar-refractivity contribution in [1.29, 1.82) is 0 Å². The quantitative estimate of drug-likeness (QED) is 0.860. The van der Waals surface area contributed by atoms with Crippen LogP contribution in [0.1, 0.15) is 37.7 Å². The second-order valence-corrected chi connectivity index (χ2v) is 5.91. The fourth-order valence-electron chi connectivity index (χ4n) is 2.77. The zero-order valence-corrected chi connectivity index (χ0v) is 11.4. The highest BCUT2D eigenvalue weighted by Crippen LogP contribution is 2.41. The standard InChI is InChI=1S/C14H18Cl2O/c15-12-5-4-6-13(16)11(12)9-14(10-17)7-2-1-3-8-14/h4-6,17H,1-3,7-10H2. The van der Waals surface area contributed by atoms with E-state index in [1.807, 2.05) is 18.2 Å². The van der Waals surface area contributed by atoms with Gasteiger partial charge in [-0.1, -0.05) is 48.5 Å². The van der Waals surface area contributed by atoms with Crippen LogP contribution in [0.25, 0.3) is 0 Å². The third-order valence-corrected chi connectivity index (χ3v) is 4.57. The molecule has 0 atom stereocenters. The largest absolute Gasteiger partial charge is 0.396 e. The summed E-state index contributed by atoms with van der Waals surface area (Å²) < 4.78 is 0. The van der Waals surface area contributed by atoms with Gasteiger partial charge in [0.15, 0.2) is 0 Å². The summed E-state index contributed by atoms with van der Waals surface area (Å²) in [6, 6.07) is 5.61. The smallest absolute Gasteiger partial charge is 0.0490 e. The first-order valence-corrected chi connectivity index (χ1v) is 6.96. The van der Waals surface area contributed by atoms with Gasteiger partial charge in [0.1, 0.15) is 0 Å². The number of benzene rings is 1. The SMILES string of the molecule is OCC1(Cc2c(Cl)cccc2Cl)CCCCC1. The lowest BCUT2D eigenvalue weighted by Crippen LogP contribution is -2.31. The Balaban J connectivity index is 2.23. The van der Waals surface area contributed by atoms with Crippen molar-refractivity contribution in [3.63, 3.8) is 0 Å². The molecule has 1 fully saturated rings. The summed E-state index contributed by atoms with van der Waals surface area (Å²) >= 11 is 12.4. The molecule has 1 aliphatic rings. The van der Waals surface area contributed by atoms with E-state index < -0.39 is 0 Å². The average Bonchev–Trinajstić information content (AvgIpc) is 2.35. The zero-order valence-electron chi connectivity index (χ0n) is 9.88. The maximum absolute atomic E-state index is 9.70. The summed E-state index contributed by atoms with van der Waals surface area (Å²) in [5.41, 5.74) is 0.985. The normalized spacial score (nSPS) is 19.2. The molecule has 1 aliphatic carbocycles. The molecular weight excluding hydrogens is 255 g/mol. The molecule has 0 spiro atoms. The van der Waals surface area contributed by atoms with Crippen molar-refractivity contribution in [2.45, 2.75) is 38.5 Å². The molecule has 2 rings (SSSR count). The highest BCUT2D eigenvalue weighted by Gasteiger charge is 2.32. The first kappa shape index (κ1) is 13.2. The molecule has 0 aromatic heterocycles. The summed E-state index contributed by atoms with van der Waals surface area (Å²) in [6.45, 7) is 0.231. The van der Waals surface area contributed by atoms with Crippen molar-refractivity contribution in [2.24, 2.45) is 5.41 Å². The Bertz CT molecular complexity index is 364. The second-order valence-electron chi connectivity index (χ2n) is 5.10. The molecule has 0 aliphatic heterocycles. The van der Waals surface area contributed by atoms with Crippen LogP contribution in [0.4, 0.5) is 0 Å². The van der Waals surface area contributed by atoms with E-state index in [0.29, 0.717) is 0 Å². The van der Waals surface area contributed by atoms with E-state index in [-0.39, 0.29) is 12.0 Å². The van der Waals surface area contributed by atoms with Gasteiger partial charge in [-0.25, -0.2) is 0 Å². The van der Waals surface area contributed by atoms with E-state index in [9.17, 15) is 5.11 Å². The minimum absolute atomic E-state index is 0.00706. The lowest BCUT2D eigenvalue weighted by Gasteiger charge is -2.36. The summed E-state index contributed by atoms with van der Waals surface area (Å²) in [6.07, 6.45) is 6.61. The predicted octanol–water partition coefficient (Wildman–Crippen LogP) is 4.48. The molecule has 0 bridgehead atoms. The van der Waals surface area contributed by atoms with Crippen molar-refractivity contribution in [3.05, 3.63) is 33.8 Å². The predicted molar refractivity (Wildman–Crippen MR) is 72.8 cm³/mol. The molecule has 3 heteroatoms. The summed E-state index contributed by atoms with van der Waals surface area (Å²) in [7, 11) is 0. The molecular formula is C14H18Cl2O. The molecule has 17 heavy (non-hydrogen) atoms. The third kappa shape index (κ3) is 2.96. The number of halogens is 2. The van der Waals surface area contributed by atoms with Gasteiger partial charge in [0.25, 0.3) is 0 Å². The van der Waals surface area contributed by atoms with E-state index >= 15 is 0 Å². The molecule has 1 saturated carbocycles. The van der Waals surface area contributed by atoms with Gasteiger partial charge in [-0.05, 0) is 42.4 Å². The summed E-state index contributed by atoms with van der Waals surface area (Å²) in [5.74, 6) is 0. The minimum Gasteiger partial charge on any atom is -0.396 e. The van der Waals surface area contributed by atoms with Crippen LogP contribution in [0.3, 0.4) is 0 Å². The number of hydrogen-bond donors (Lipinski definition) is 1. The third-order valence-electron chi connectivity index (χ3n) is 3.86. The number of hydrogen-bond acceptors (Lipinski definition) is 1. The topological polar surface area (TPSA) is 20.2 Å². The molecule has 94 valence electrons. The minimum atomic E-state index is -0.00706. The van der Waals surface area contributed by atoms with E-state index in [1.54, 1.807) is 0 Å². The van der Waals surface area contributed by atoms with Crippen molar-refractivity contribution < 1.29 is 5.11 Å². The van der Waals surface area contributed by atoms with Crippen molar-refractivity contribution in [2.75, 3.05) is 6.61 Å². The first-order valence-electron chi connectivity index (χ1n) is 6.21. The van der Waals surface area contributed by atoms with E-state index in [2.05, 4.69) is 0 Å². The van der Waals surface area contributed by atoms with Gasteiger partial charge in [-0.15, -0.1) is 0 Å². The van der Waals surface area contributed by atoms with Crippen LogP contribution in [0.2, 0.25) is 10.0 Å². The molecule has 1 aromatic carbocycles. The van der Waals surface area contributed by atoms with Crippen LogP contribution in [0.15, 0.2) is 18.2 Å². The maximum atomic E-state index is 9.70. The first-order chi connectivity index (χ1) is 8.17. The second kappa shape index (κ2) is 5.60.